The molecule has 0 radical (unpaired) electrons. The largest absolute Gasteiger partial charge is 0.573 e. The van der Waals surface area contributed by atoms with Crippen molar-refractivity contribution in [1.29, 1.82) is 0 Å². The minimum atomic E-state index is -4.89. The second-order valence-electron chi connectivity index (χ2n) is 4.64. The van der Waals surface area contributed by atoms with Crippen LogP contribution in [0.3, 0.4) is 0 Å². The van der Waals surface area contributed by atoms with E-state index in [0.717, 1.165) is 36.4 Å². The smallest absolute Gasteiger partial charge is 0.478 e. The molecule has 0 fully saturated rings. The lowest BCUT2D eigenvalue weighted by atomic mass is 9.98. The van der Waals surface area contributed by atoms with E-state index >= 15 is 0 Å². The molecule has 0 spiro atoms. The first kappa shape index (κ1) is 17.6. The van der Waals surface area contributed by atoms with Crippen molar-refractivity contribution in [1.82, 2.24) is 0 Å². The molecule has 1 N–H and O–H groups in total. The van der Waals surface area contributed by atoms with E-state index in [1.807, 2.05) is 0 Å². The lowest BCUT2D eigenvalue weighted by molar-refractivity contribution is -0.274. The molecule has 0 saturated carbocycles. The van der Waals surface area contributed by atoms with E-state index in [2.05, 4.69) is 4.74 Å². The minimum Gasteiger partial charge on any atom is -0.478 e. The highest BCUT2D eigenvalue weighted by atomic mass is 19.4. The second kappa shape index (κ2) is 6.06. The van der Waals surface area contributed by atoms with Gasteiger partial charge in [-0.05, 0) is 35.4 Å². The highest BCUT2D eigenvalue weighted by molar-refractivity contribution is 5.90. The number of benzene rings is 2. The average Bonchev–Trinajstić information content (AvgIpc) is 2.44. The maximum atomic E-state index is 12.9. The molecule has 0 aromatic heterocycles. The summed E-state index contributed by atoms with van der Waals surface area (Å²) in [6.07, 6.45) is -9.77. The number of rotatable bonds is 3. The fourth-order valence-electron chi connectivity index (χ4n) is 1.99. The van der Waals surface area contributed by atoms with Gasteiger partial charge in [0.1, 0.15) is 5.75 Å². The summed E-state index contributed by atoms with van der Waals surface area (Å²) in [4.78, 5) is 10.9. The van der Waals surface area contributed by atoms with E-state index in [0.29, 0.717) is 6.07 Å². The van der Waals surface area contributed by atoms with Crippen LogP contribution in [0.4, 0.5) is 26.3 Å². The molecule has 2 aromatic carbocycles. The highest BCUT2D eigenvalue weighted by Crippen LogP contribution is 2.35. The zero-order valence-electron chi connectivity index (χ0n) is 11.6. The number of aromatic carboxylic acids is 1. The number of carboxylic acids is 1. The Morgan fingerprint density at radius 1 is 0.875 bits per heavy atom. The van der Waals surface area contributed by atoms with E-state index in [1.54, 1.807) is 0 Å². The van der Waals surface area contributed by atoms with E-state index in [4.69, 9.17) is 5.11 Å². The minimum absolute atomic E-state index is 0.00545. The first-order valence-electron chi connectivity index (χ1n) is 6.28. The number of hydrogen-bond acceptors (Lipinski definition) is 2. The first-order chi connectivity index (χ1) is 11.0. The predicted octanol–water partition coefficient (Wildman–Crippen LogP) is 4.97. The van der Waals surface area contributed by atoms with E-state index in [-0.39, 0.29) is 11.1 Å². The van der Waals surface area contributed by atoms with Crippen LogP contribution < -0.4 is 4.74 Å². The van der Waals surface area contributed by atoms with Gasteiger partial charge in [0.2, 0.25) is 0 Å². The van der Waals surface area contributed by atoms with Gasteiger partial charge in [-0.25, -0.2) is 4.79 Å². The van der Waals surface area contributed by atoms with Gasteiger partial charge in [-0.2, -0.15) is 13.2 Å². The standard InChI is InChI=1S/C15H8F6O3/c16-14(17,18)12-7-9(3-6-11(12)13(22)23)8-1-4-10(5-2-8)24-15(19,20)21/h1-7H,(H,22,23). The Balaban J connectivity index is 2.41. The van der Waals surface area contributed by atoms with Crippen molar-refractivity contribution in [2.75, 3.05) is 0 Å². The van der Waals surface area contributed by atoms with Crippen molar-refractivity contribution >= 4 is 5.97 Å². The van der Waals surface area contributed by atoms with Gasteiger partial charge in [0.05, 0.1) is 11.1 Å². The van der Waals surface area contributed by atoms with Crippen molar-refractivity contribution in [2.24, 2.45) is 0 Å². The molecule has 9 heteroatoms. The molecule has 2 rings (SSSR count). The summed E-state index contributed by atoms with van der Waals surface area (Å²) in [7, 11) is 0. The Kier molecular flexibility index (Phi) is 4.46. The van der Waals surface area contributed by atoms with Gasteiger partial charge < -0.3 is 9.84 Å². The van der Waals surface area contributed by atoms with Crippen LogP contribution in [0.15, 0.2) is 42.5 Å². The lowest BCUT2D eigenvalue weighted by Crippen LogP contribution is -2.16. The van der Waals surface area contributed by atoms with Gasteiger partial charge in [-0.3, -0.25) is 0 Å². The van der Waals surface area contributed by atoms with Crippen LogP contribution in [0.5, 0.6) is 5.75 Å². The van der Waals surface area contributed by atoms with Crippen LogP contribution in [0.2, 0.25) is 0 Å². The van der Waals surface area contributed by atoms with E-state index in [1.165, 1.54) is 0 Å². The average molecular weight is 350 g/mol. The Bertz CT molecular complexity index is 747. The summed E-state index contributed by atoms with van der Waals surface area (Å²) in [5.41, 5.74) is -2.08. The van der Waals surface area contributed by atoms with Crippen molar-refractivity contribution in [3.05, 3.63) is 53.6 Å². The zero-order chi connectivity index (χ0) is 18.1. The fourth-order valence-corrected chi connectivity index (χ4v) is 1.99. The number of hydrogen-bond donors (Lipinski definition) is 1. The molecular formula is C15H8F6O3. The molecule has 0 atom stereocenters. The summed E-state index contributed by atoms with van der Waals surface area (Å²) >= 11 is 0. The molecule has 2 aromatic rings. The normalized spacial score (nSPS) is 12.1. The molecule has 0 bridgehead atoms. The van der Waals surface area contributed by atoms with Crippen LogP contribution >= 0.6 is 0 Å². The van der Waals surface area contributed by atoms with Crippen LogP contribution in [0.25, 0.3) is 11.1 Å². The van der Waals surface area contributed by atoms with E-state index < -0.39 is 35.4 Å². The van der Waals surface area contributed by atoms with Crippen molar-refractivity contribution in [2.45, 2.75) is 12.5 Å². The molecule has 0 unspecified atom stereocenters. The number of carboxylic acid groups (broad SMARTS) is 1. The van der Waals surface area contributed by atoms with Gasteiger partial charge in [-0.1, -0.05) is 18.2 Å². The van der Waals surface area contributed by atoms with Gasteiger partial charge in [-0.15, -0.1) is 13.2 Å². The number of halogens is 6. The summed E-state index contributed by atoms with van der Waals surface area (Å²) in [6.45, 7) is 0. The number of ether oxygens (including phenoxy) is 1. The highest BCUT2D eigenvalue weighted by Gasteiger charge is 2.35. The molecule has 0 saturated heterocycles. The molecule has 0 aliphatic rings. The number of carbonyl (C=O) groups is 1. The van der Waals surface area contributed by atoms with Crippen LogP contribution in [0, 0.1) is 0 Å². The third-order valence-electron chi connectivity index (χ3n) is 2.98. The Morgan fingerprint density at radius 2 is 1.42 bits per heavy atom. The molecule has 0 aliphatic heterocycles. The van der Waals surface area contributed by atoms with Gasteiger partial charge in [0, 0.05) is 0 Å². The summed E-state index contributed by atoms with van der Waals surface area (Å²) in [6, 6.07) is 6.72. The second-order valence-corrected chi connectivity index (χ2v) is 4.64. The SMILES string of the molecule is O=C(O)c1ccc(-c2ccc(OC(F)(F)F)cc2)cc1C(F)(F)F. The molecule has 24 heavy (non-hydrogen) atoms. The topological polar surface area (TPSA) is 46.5 Å². The lowest BCUT2D eigenvalue weighted by Gasteiger charge is -2.13. The van der Waals surface area contributed by atoms with E-state index in [9.17, 15) is 31.1 Å². The summed E-state index contributed by atoms with van der Waals surface area (Å²) in [5, 5.41) is 8.81. The Hall–Kier alpha value is -2.71. The van der Waals surface area contributed by atoms with Gasteiger partial charge in [0.15, 0.2) is 0 Å². The molecule has 0 amide bonds. The summed E-state index contributed by atoms with van der Waals surface area (Å²) in [5.74, 6) is -2.26. The molecular weight excluding hydrogens is 342 g/mol. The van der Waals surface area contributed by atoms with Crippen LogP contribution in [-0.2, 0) is 6.18 Å². The first-order valence-corrected chi connectivity index (χ1v) is 6.28. The zero-order valence-corrected chi connectivity index (χ0v) is 11.6. The summed E-state index contributed by atoms with van der Waals surface area (Å²) < 4.78 is 78.7. The molecule has 128 valence electrons. The van der Waals surface area contributed by atoms with Gasteiger partial charge >= 0.3 is 18.5 Å². The Labute approximate surface area is 131 Å². The maximum Gasteiger partial charge on any atom is 0.573 e. The van der Waals surface area contributed by atoms with Crippen molar-refractivity contribution in [3.8, 4) is 16.9 Å². The molecule has 0 heterocycles. The molecule has 3 nitrogen and oxygen atoms in total. The molecule has 0 aliphatic carbocycles. The van der Waals surface area contributed by atoms with Crippen LogP contribution in [-0.4, -0.2) is 17.4 Å². The predicted molar refractivity (Wildman–Crippen MR) is 70.5 cm³/mol. The Morgan fingerprint density at radius 3 is 1.88 bits per heavy atom. The maximum absolute atomic E-state index is 12.9. The number of alkyl halides is 6. The van der Waals surface area contributed by atoms with Crippen LogP contribution in [0.1, 0.15) is 15.9 Å². The van der Waals surface area contributed by atoms with Crippen molar-refractivity contribution in [3.63, 3.8) is 0 Å². The third kappa shape index (κ3) is 4.18. The van der Waals surface area contributed by atoms with Crippen molar-refractivity contribution < 1.29 is 41.0 Å². The van der Waals surface area contributed by atoms with Gasteiger partial charge in [0.25, 0.3) is 0 Å². The monoisotopic (exact) mass is 350 g/mol. The quantitative estimate of drug-likeness (QED) is 0.795. The fraction of sp³-hybridized carbons (Fsp3) is 0.133. The third-order valence-corrected chi connectivity index (χ3v) is 2.98.